The maximum Gasteiger partial charge on any atom is 0.261 e. The quantitative estimate of drug-likeness (QED) is 0.660. The normalized spacial score (nSPS) is 10.3. The Bertz CT molecular complexity index is 667. The molecule has 0 bridgehead atoms. The van der Waals surface area contributed by atoms with Crippen LogP contribution in [0.15, 0.2) is 34.9 Å². The van der Waals surface area contributed by atoms with E-state index in [9.17, 15) is 4.79 Å². The number of rotatable bonds is 3. The third kappa shape index (κ3) is 3.40. The minimum atomic E-state index is -0.179. The molecule has 110 valence electrons. The molecule has 0 unspecified atom stereocenters. The molecule has 3 N–H and O–H groups in total. The van der Waals surface area contributed by atoms with E-state index in [1.54, 1.807) is 24.2 Å². The van der Waals surface area contributed by atoms with Crippen LogP contribution in [0.4, 0.5) is 11.5 Å². The fourth-order valence-electron chi connectivity index (χ4n) is 2.16. The summed E-state index contributed by atoms with van der Waals surface area (Å²) in [6.07, 6.45) is 1.59. The fourth-order valence-corrected chi connectivity index (χ4v) is 2.49. The molecule has 0 aliphatic rings. The Balaban J connectivity index is 2.41. The maximum absolute atomic E-state index is 12.7. The van der Waals surface area contributed by atoms with Crippen molar-refractivity contribution in [1.29, 1.82) is 0 Å². The lowest BCUT2D eigenvalue weighted by molar-refractivity contribution is 0.0993. The fraction of sp³-hybridized carbons (Fsp3) is 0.200. The van der Waals surface area contributed by atoms with Gasteiger partial charge >= 0.3 is 0 Å². The van der Waals surface area contributed by atoms with Crippen LogP contribution in [0.3, 0.4) is 0 Å². The van der Waals surface area contributed by atoms with Crippen molar-refractivity contribution in [3.8, 4) is 0 Å². The van der Waals surface area contributed by atoms with Crippen LogP contribution in [0, 0.1) is 13.8 Å². The predicted octanol–water partition coefficient (Wildman–Crippen LogP) is 3.02. The molecule has 0 aliphatic carbocycles. The van der Waals surface area contributed by atoms with E-state index in [-0.39, 0.29) is 5.91 Å². The van der Waals surface area contributed by atoms with Gasteiger partial charge in [0.05, 0.1) is 5.56 Å². The van der Waals surface area contributed by atoms with Crippen LogP contribution in [0.25, 0.3) is 0 Å². The zero-order valence-corrected chi connectivity index (χ0v) is 13.7. The number of nitrogens with zero attached hydrogens (tertiary/aromatic N) is 2. The largest absolute Gasteiger partial charge is 0.311 e. The molecule has 0 saturated heterocycles. The Morgan fingerprint density at radius 1 is 1.24 bits per heavy atom. The van der Waals surface area contributed by atoms with Gasteiger partial charge in [0.1, 0.15) is 0 Å². The van der Waals surface area contributed by atoms with Crippen molar-refractivity contribution in [3.05, 3.63) is 51.6 Å². The van der Waals surface area contributed by atoms with Crippen molar-refractivity contribution in [2.24, 2.45) is 5.84 Å². The summed E-state index contributed by atoms with van der Waals surface area (Å²) in [5.74, 6) is 5.59. The molecule has 6 heteroatoms. The van der Waals surface area contributed by atoms with Gasteiger partial charge in [0.15, 0.2) is 5.82 Å². The average Bonchev–Trinajstić information content (AvgIpc) is 2.44. The van der Waals surface area contributed by atoms with Crippen LogP contribution in [0.2, 0.25) is 0 Å². The Labute approximate surface area is 132 Å². The highest BCUT2D eigenvalue weighted by atomic mass is 79.9. The van der Waals surface area contributed by atoms with Gasteiger partial charge in [-0.1, -0.05) is 6.07 Å². The highest BCUT2D eigenvalue weighted by Gasteiger charge is 2.18. The SMILES string of the molecule is Cc1cc(C)cc(N(C)C(=O)c2cc(Br)cnc2NN)c1. The first-order valence-electron chi connectivity index (χ1n) is 6.41. The molecule has 1 amide bonds. The molecule has 0 radical (unpaired) electrons. The van der Waals surface area contributed by atoms with E-state index in [1.807, 2.05) is 26.0 Å². The third-order valence-electron chi connectivity index (χ3n) is 3.12. The second kappa shape index (κ2) is 6.24. The average molecular weight is 349 g/mol. The van der Waals surface area contributed by atoms with E-state index >= 15 is 0 Å². The van der Waals surface area contributed by atoms with Gasteiger partial charge in [-0.3, -0.25) is 4.79 Å². The lowest BCUT2D eigenvalue weighted by Gasteiger charge is -2.20. The first kappa shape index (κ1) is 15.5. The standard InChI is InChI=1S/C15H17BrN4O/c1-9-4-10(2)6-12(5-9)20(3)15(21)13-7-11(16)8-18-14(13)19-17/h4-8H,17H2,1-3H3,(H,18,19). The second-order valence-electron chi connectivity index (χ2n) is 4.90. The number of halogens is 1. The summed E-state index contributed by atoms with van der Waals surface area (Å²) in [5.41, 5.74) is 5.91. The molecule has 0 fully saturated rings. The zero-order valence-electron chi connectivity index (χ0n) is 12.1. The highest BCUT2D eigenvalue weighted by Crippen LogP contribution is 2.23. The minimum Gasteiger partial charge on any atom is -0.311 e. The molecule has 1 aromatic carbocycles. The Morgan fingerprint density at radius 3 is 2.43 bits per heavy atom. The Morgan fingerprint density at radius 2 is 1.86 bits per heavy atom. The molecular weight excluding hydrogens is 332 g/mol. The van der Waals surface area contributed by atoms with Gasteiger partial charge in [0.25, 0.3) is 5.91 Å². The number of benzene rings is 1. The molecule has 0 aliphatic heterocycles. The van der Waals surface area contributed by atoms with Crippen molar-refractivity contribution in [3.63, 3.8) is 0 Å². The Kier molecular flexibility index (Phi) is 4.59. The van der Waals surface area contributed by atoms with E-state index in [4.69, 9.17) is 5.84 Å². The van der Waals surface area contributed by atoms with Crippen LogP contribution in [0.1, 0.15) is 21.5 Å². The molecule has 2 rings (SSSR count). The van der Waals surface area contributed by atoms with E-state index < -0.39 is 0 Å². The molecule has 0 spiro atoms. The van der Waals surface area contributed by atoms with Gasteiger partial charge in [-0.2, -0.15) is 0 Å². The van der Waals surface area contributed by atoms with Gasteiger partial charge in [-0.05, 0) is 59.1 Å². The van der Waals surface area contributed by atoms with E-state index in [0.29, 0.717) is 11.4 Å². The maximum atomic E-state index is 12.7. The smallest absolute Gasteiger partial charge is 0.261 e. The first-order valence-corrected chi connectivity index (χ1v) is 7.20. The molecule has 0 saturated carbocycles. The minimum absolute atomic E-state index is 0.179. The molecule has 2 aromatic rings. The number of nitrogens with one attached hydrogen (secondary N) is 1. The van der Waals surface area contributed by atoms with E-state index in [1.165, 1.54) is 0 Å². The number of aromatic nitrogens is 1. The number of anilines is 2. The van der Waals surface area contributed by atoms with Gasteiger partial charge in [-0.25, -0.2) is 10.8 Å². The van der Waals surface area contributed by atoms with Crippen LogP contribution in [-0.4, -0.2) is 17.9 Å². The van der Waals surface area contributed by atoms with Gasteiger partial charge < -0.3 is 10.3 Å². The van der Waals surface area contributed by atoms with Crippen molar-refractivity contribution in [1.82, 2.24) is 4.98 Å². The summed E-state index contributed by atoms with van der Waals surface area (Å²) in [6.45, 7) is 4.00. The molecule has 5 nitrogen and oxygen atoms in total. The van der Waals surface area contributed by atoms with Gasteiger partial charge in [0.2, 0.25) is 0 Å². The van der Waals surface area contributed by atoms with Crippen LogP contribution >= 0.6 is 15.9 Å². The monoisotopic (exact) mass is 348 g/mol. The van der Waals surface area contributed by atoms with Crippen molar-refractivity contribution >= 4 is 33.3 Å². The number of aryl methyl sites for hydroxylation is 2. The van der Waals surface area contributed by atoms with Gasteiger partial charge in [0, 0.05) is 23.4 Å². The summed E-state index contributed by atoms with van der Waals surface area (Å²) in [6, 6.07) is 7.69. The number of pyridine rings is 1. The third-order valence-corrected chi connectivity index (χ3v) is 3.55. The topological polar surface area (TPSA) is 71.2 Å². The van der Waals surface area contributed by atoms with Crippen LogP contribution in [0.5, 0.6) is 0 Å². The van der Waals surface area contributed by atoms with E-state index in [0.717, 1.165) is 21.3 Å². The van der Waals surface area contributed by atoms with Crippen LogP contribution < -0.4 is 16.2 Å². The number of nitrogens with two attached hydrogens (primary N) is 1. The van der Waals surface area contributed by atoms with Crippen molar-refractivity contribution in [2.45, 2.75) is 13.8 Å². The second-order valence-corrected chi connectivity index (χ2v) is 5.82. The summed E-state index contributed by atoms with van der Waals surface area (Å²) in [7, 11) is 1.73. The highest BCUT2D eigenvalue weighted by molar-refractivity contribution is 9.10. The van der Waals surface area contributed by atoms with Gasteiger partial charge in [-0.15, -0.1) is 0 Å². The van der Waals surface area contributed by atoms with Crippen molar-refractivity contribution < 1.29 is 4.79 Å². The van der Waals surface area contributed by atoms with Crippen LogP contribution in [-0.2, 0) is 0 Å². The summed E-state index contributed by atoms with van der Waals surface area (Å²) >= 11 is 3.32. The van der Waals surface area contributed by atoms with Crippen molar-refractivity contribution in [2.75, 3.05) is 17.4 Å². The number of carbonyl (C=O) groups is 1. The Hall–Kier alpha value is -1.92. The zero-order chi connectivity index (χ0) is 15.6. The number of amides is 1. The molecule has 21 heavy (non-hydrogen) atoms. The summed E-state index contributed by atoms with van der Waals surface area (Å²) in [5, 5.41) is 0. The summed E-state index contributed by atoms with van der Waals surface area (Å²) in [4.78, 5) is 18.4. The number of carbonyl (C=O) groups excluding carboxylic acids is 1. The number of nitrogen functional groups attached to an aromatic ring is 1. The lowest BCUT2D eigenvalue weighted by Crippen LogP contribution is -2.28. The molecular formula is C15H17BrN4O. The molecule has 1 aromatic heterocycles. The molecule has 0 atom stereocenters. The molecule has 1 heterocycles. The summed E-state index contributed by atoms with van der Waals surface area (Å²) < 4.78 is 0.721. The number of hydrogen-bond donors (Lipinski definition) is 2. The first-order chi connectivity index (χ1) is 9.92. The van der Waals surface area contributed by atoms with E-state index in [2.05, 4.69) is 32.4 Å². The number of hydrogen-bond acceptors (Lipinski definition) is 4. The lowest BCUT2D eigenvalue weighted by atomic mass is 10.1. The predicted molar refractivity (Wildman–Crippen MR) is 88.4 cm³/mol. The number of hydrazine groups is 1.